The van der Waals surface area contributed by atoms with Gasteiger partial charge in [-0.2, -0.15) is 0 Å². The minimum Gasteiger partial charge on any atom is -0.335 e. The lowest BCUT2D eigenvalue weighted by Gasteiger charge is -2.21. The number of aryl methyl sites for hydroxylation is 1. The summed E-state index contributed by atoms with van der Waals surface area (Å²) in [6.45, 7) is 3.76. The monoisotopic (exact) mass is 371 g/mol. The number of amides is 3. The van der Waals surface area contributed by atoms with Crippen LogP contribution in [0.3, 0.4) is 0 Å². The Balaban J connectivity index is 1.55. The second-order valence-electron chi connectivity index (χ2n) is 6.75. The average molecular weight is 372 g/mol. The fourth-order valence-corrected chi connectivity index (χ4v) is 3.69. The van der Waals surface area contributed by atoms with E-state index in [1.165, 1.54) is 15.3 Å². The Bertz CT molecular complexity index is 741. The molecule has 1 aromatic heterocycles. The number of nitrogens with one attached hydrogen (secondary N) is 2. The van der Waals surface area contributed by atoms with Crippen LogP contribution in [0.4, 0.5) is 4.79 Å². The molecule has 0 atom stereocenters. The molecule has 0 saturated heterocycles. The first-order valence-electron chi connectivity index (χ1n) is 9.00. The highest BCUT2D eigenvalue weighted by molar-refractivity contribution is 7.11. The van der Waals surface area contributed by atoms with Crippen LogP contribution in [0.25, 0.3) is 0 Å². The predicted octanol–water partition coefficient (Wildman–Crippen LogP) is 3.09. The van der Waals surface area contributed by atoms with Crippen molar-refractivity contribution in [2.45, 2.75) is 38.8 Å². The molecule has 0 aliphatic heterocycles. The molecule has 1 fully saturated rings. The SMILES string of the molecule is Cc1ccc(CN(CCc2ccccc2)CC(=O)NC(=O)NC2CC2)s1. The second kappa shape index (κ2) is 8.96. The van der Waals surface area contributed by atoms with Gasteiger partial charge in [-0.1, -0.05) is 30.3 Å². The summed E-state index contributed by atoms with van der Waals surface area (Å²) in [6.07, 6.45) is 2.87. The van der Waals surface area contributed by atoms with Gasteiger partial charge in [-0.05, 0) is 43.9 Å². The molecule has 138 valence electrons. The highest BCUT2D eigenvalue weighted by Crippen LogP contribution is 2.18. The fourth-order valence-electron chi connectivity index (χ4n) is 2.75. The summed E-state index contributed by atoms with van der Waals surface area (Å²) in [5, 5.41) is 5.23. The molecule has 3 rings (SSSR count). The van der Waals surface area contributed by atoms with Gasteiger partial charge in [0.05, 0.1) is 6.54 Å². The van der Waals surface area contributed by atoms with Crippen molar-refractivity contribution < 1.29 is 9.59 Å². The minimum absolute atomic E-state index is 0.210. The third-order valence-electron chi connectivity index (χ3n) is 4.27. The molecule has 0 radical (unpaired) electrons. The Kier molecular flexibility index (Phi) is 6.41. The van der Waals surface area contributed by atoms with Gasteiger partial charge >= 0.3 is 6.03 Å². The molecule has 1 saturated carbocycles. The topological polar surface area (TPSA) is 61.4 Å². The number of carbonyl (C=O) groups excluding carboxylic acids is 2. The first-order valence-corrected chi connectivity index (χ1v) is 9.82. The van der Waals surface area contributed by atoms with E-state index in [0.717, 1.165) is 25.8 Å². The number of hydrogen-bond acceptors (Lipinski definition) is 4. The number of carbonyl (C=O) groups is 2. The van der Waals surface area contributed by atoms with E-state index in [9.17, 15) is 9.59 Å². The molecule has 5 nitrogen and oxygen atoms in total. The summed E-state index contributed by atoms with van der Waals surface area (Å²) in [5.74, 6) is -0.260. The fraction of sp³-hybridized carbons (Fsp3) is 0.400. The van der Waals surface area contributed by atoms with Crippen molar-refractivity contribution in [3.05, 3.63) is 57.8 Å². The Morgan fingerprint density at radius 1 is 1.15 bits per heavy atom. The third kappa shape index (κ3) is 6.28. The Labute approximate surface area is 158 Å². The molecule has 1 aliphatic rings. The zero-order chi connectivity index (χ0) is 18.4. The van der Waals surface area contributed by atoms with Crippen LogP contribution in [0, 0.1) is 6.92 Å². The molecule has 0 unspecified atom stereocenters. The number of imide groups is 1. The molecule has 1 heterocycles. The first kappa shape index (κ1) is 18.6. The number of nitrogens with zero attached hydrogens (tertiary/aromatic N) is 1. The Hall–Kier alpha value is -2.18. The summed E-state index contributed by atoms with van der Waals surface area (Å²) < 4.78 is 0. The lowest BCUT2D eigenvalue weighted by atomic mass is 10.1. The zero-order valence-corrected chi connectivity index (χ0v) is 15.8. The van der Waals surface area contributed by atoms with E-state index >= 15 is 0 Å². The van der Waals surface area contributed by atoms with Crippen LogP contribution < -0.4 is 10.6 Å². The molecule has 1 aliphatic carbocycles. The smallest absolute Gasteiger partial charge is 0.321 e. The number of benzene rings is 1. The normalized spacial score (nSPS) is 13.6. The van der Waals surface area contributed by atoms with Crippen LogP contribution in [0.1, 0.15) is 28.2 Å². The maximum absolute atomic E-state index is 12.3. The van der Waals surface area contributed by atoms with Crippen molar-refractivity contribution in [2.24, 2.45) is 0 Å². The van der Waals surface area contributed by atoms with Gasteiger partial charge in [-0.25, -0.2) is 4.79 Å². The molecular formula is C20H25N3O2S. The molecular weight excluding hydrogens is 346 g/mol. The summed E-state index contributed by atoms with van der Waals surface area (Å²) in [6, 6.07) is 14.3. The Morgan fingerprint density at radius 2 is 1.92 bits per heavy atom. The standard InChI is InChI=1S/C20H25N3O2S/c1-15-7-10-18(26-15)13-23(12-11-16-5-3-2-4-6-16)14-19(24)22-20(25)21-17-8-9-17/h2-7,10,17H,8-9,11-14H2,1H3,(H2,21,22,24,25). The largest absolute Gasteiger partial charge is 0.335 e. The summed E-state index contributed by atoms with van der Waals surface area (Å²) in [7, 11) is 0. The molecule has 2 aromatic rings. The van der Waals surface area contributed by atoms with Crippen LogP contribution in [-0.2, 0) is 17.8 Å². The van der Waals surface area contributed by atoms with E-state index in [0.29, 0.717) is 6.54 Å². The molecule has 26 heavy (non-hydrogen) atoms. The van der Waals surface area contributed by atoms with Crippen molar-refractivity contribution in [3.63, 3.8) is 0 Å². The van der Waals surface area contributed by atoms with Crippen LogP contribution in [0.2, 0.25) is 0 Å². The molecule has 2 N–H and O–H groups in total. The van der Waals surface area contributed by atoms with E-state index in [-0.39, 0.29) is 24.5 Å². The molecule has 6 heteroatoms. The molecule has 1 aromatic carbocycles. The number of thiophene rings is 1. The summed E-state index contributed by atoms with van der Waals surface area (Å²) in [5.41, 5.74) is 1.24. The van der Waals surface area contributed by atoms with Gasteiger partial charge in [0.15, 0.2) is 0 Å². The van der Waals surface area contributed by atoms with Crippen LogP contribution in [0.15, 0.2) is 42.5 Å². The van der Waals surface area contributed by atoms with Gasteiger partial charge in [0.2, 0.25) is 5.91 Å². The maximum Gasteiger partial charge on any atom is 0.321 e. The van der Waals surface area contributed by atoms with Gasteiger partial charge in [0.1, 0.15) is 0 Å². The van der Waals surface area contributed by atoms with Crippen molar-refractivity contribution in [1.82, 2.24) is 15.5 Å². The van der Waals surface area contributed by atoms with Gasteiger partial charge in [-0.3, -0.25) is 15.0 Å². The third-order valence-corrected chi connectivity index (χ3v) is 5.25. The van der Waals surface area contributed by atoms with Crippen molar-refractivity contribution in [3.8, 4) is 0 Å². The molecule has 0 spiro atoms. The van der Waals surface area contributed by atoms with Crippen LogP contribution in [0.5, 0.6) is 0 Å². The van der Waals surface area contributed by atoms with E-state index < -0.39 is 0 Å². The Morgan fingerprint density at radius 3 is 2.58 bits per heavy atom. The van der Waals surface area contributed by atoms with Crippen LogP contribution in [-0.4, -0.2) is 36.0 Å². The number of hydrogen-bond donors (Lipinski definition) is 2. The van der Waals surface area contributed by atoms with Gasteiger partial charge in [-0.15, -0.1) is 11.3 Å². The predicted molar refractivity (Wildman–Crippen MR) is 104 cm³/mol. The summed E-state index contributed by atoms with van der Waals surface area (Å²) in [4.78, 5) is 28.6. The van der Waals surface area contributed by atoms with Crippen LogP contribution >= 0.6 is 11.3 Å². The second-order valence-corrected chi connectivity index (χ2v) is 8.13. The minimum atomic E-state index is -0.382. The highest BCUT2D eigenvalue weighted by atomic mass is 32.1. The molecule has 3 amide bonds. The number of rotatable bonds is 8. The quantitative estimate of drug-likeness (QED) is 0.750. The van der Waals surface area contributed by atoms with E-state index in [4.69, 9.17) is 0 Å². The van der Waals surface area contributed by atoms with Gasteiger partial charge < -0.3 is 5.32 Å². The van der Waals surface area contributed by atoms with Gasteiger partial charge in [0.25, 0.3) is 0 Å². The van der Waals surface area contributed by atoms with Crippen molar-refractivity contribution in [1.29, 1.82) is 0 Å². The van der Waals surface area contributed by atoms with Crippen molar-refractivity contribution in [2.75, 3.05) is 13.1 Å². The summed E-state index contributed by atoms with van der Waals surface area (Å²) >= 11 is 1.74. The maximum atomic E-state index is 12.3. The lowest BCUT2D eigenvalue weighted by Crippen LogP contribution is -2.45. The lowest BCUT2D eigenvalue weighted by molar-refractivity contribution is -0.121. The zero-order valence-electron chi connectivity index (χ0n) is 15.0. The highest BCUT2D eigenvalue weighted by Gasteiger charge is 2.24. The number of urea groups is 1. The molecule has 0 bridgehead atoms. The van der Waals surface area contributed by atoms with E-state index in [1.54, 1.807) is 11.3 Å². The van der Waals surface area contributed by atoms with E-state index in [2.05, 4.69) is 46.7 Å². The van der Waals surface area contributed by atoms with Crippen molar-refractivity contribution >= 4 is 23.3 Å². The average Bonchev–Trinajstić information content (AvgIpc) is 3.33. The van der Waals surface area contributed by atoms with Gasteiger partial charge in [0, 0.05) is 28.9 Å². The van der Waals surface area contributed by atoms with E-state index in [1.807, 2.05) is 18.2 Å². The first-order chi connectivity index (χ1) is 12.6.